The molecule has 3 heterocycles. The number of nitrogens with two attached hydrogens (primary N) is 1. The van der Waals surface area contributed by atoms with Gasteiger partial charge in [0, 0.05) is 23.8 Å². The van der Waals surface area contributed by atoms with Crippen molar-refractivity contribution in [1.29, 1.82) is 0 Å². The number of nitrogens with one attached hydrogen (secondary N) is 1. The number of hydrogen-bond acceptors (Lipinski definition) is 7. The molecule has 35 heavy (non-hydrogen) atoms. The van der Waals surface area contributed by atoms with Crippen LogP contribution in [-0.4, -0.2) is 36.4 Å². The summed E-state index contributed by atoms with van der Waals surface area (Å²) in [5.74, 6) is 0.117. The van der Waals surface area contributed by atoms with Gasteiger partial charge in [-0.05, 0) is 63.8 Å². The molecule has 1 aromatic carbocycles. The molecule has 1 saturated heterocycles. The first-order valence-corrected chi connectivity index (χ1v) is 13.0. The van der Waals surface area contributed by atoms with Crippen LogP contribution in [-0.2, 0) is 10.0 Å². The Balaban J connectivity index is 1.81. The van der Waals surface area contributed by atoms with E-state index in [9.17, 15) is 13.2 Å². The maximum absolute atomic E-state index is 13.5. The molecule has 4 rings (SSSR count). The monoisotopic (exact) mass is 493 g/mol. The average molecular weight is 494 g/mol. The van der Waals surface area contributed by atoms with Crippen LogP contribution in [0.4, 0.5) is 11.6 Å². The molecule has 0 aliphatic carbocycles. The molecule has 9 heteroatoms. The molecule has 184 valence electrons. The Morgan fingerprint density at radius 1 is 1.11 bits per heavy atom. The van der Waals surface area contributed by atoms with Gasteiger partial charge < -0.3 is 10.6 Å². The Bertz CT molecular complexity index is 1380. The average Bonchev–Trinajstić information content (AvgIpc) is 3.04. The van der Waals surface area contributed by atoms with Crippen LogP contribution < -0.4 is 15.4 Å². The van der Waals surface area contributed by atoms with Gasteiger partial charge in [-0.15, -0.1) is 0 Å². The Morgan fingerprint density at radius 2 is 1.80 bits per heavy atom. The van der Waals surface area contributed by atoms with E-state index in [2.05, 4.69) is 41.4 Å². The first-order valence-electron chi connectivity index (χ1n) is 11.5. The molecule has 3 N–H and O–H groups in total. The molecule has 1 aliphatic rings. The number of sulfonamides is 1. The topological polar surface area (TPSA) is 118 Å². The van der Waals surface area contributed by atoms with E-state index < -0.39 is 15.9 Å². The van der Waals surface area contributed by atoms with E-state index in [-0.39, 0.29) is 21.9 Å². The lowest BCUT2D eigenvalue weighted by atomic mass is 9.90. The fourth-order valence-electron chi connectivity index (χ4n) is 4.56. The van der Waals surface area contributed by atoms with E-state index in [1.165, 1.54) is 18.2 Å². The minimum absolute atomic E-state index is 0.0484. The lowest BCUT2D eigenvalue weighted by Crippen LogP contribution is -2.43. The molecule has 0 saturated carbocycles. The fraction of sp³-hybridized carbons (Fsp3) is 0.346. The zero-order valence-electron chi connectivity index (χ0n) is 20.7. The number of aryl methyl sites for hydroxylation is 2. The molecule has 0 spiro atoms. The molecule has 1 amide bonds. The third-order valence-corrected chi connectivity index (χ3v) is 8.09. The Labute approximate surface area is 206 Å². The first kappa shape index (κ1) is 24.7. The van der Waals surface area contributed by atoms with Crippen molar-refractivity contribution >= 4 is 27.6 Å². The SMILES string of the molecule is Cc1cc(C)cc(-c2cnc(N3CCC(C)C3(C)C)c(C(=O)NS(=O)(=O)c3cccc(N)n3)c2)c1. The van der Waals surface area contributed by atoms with Crippen molar-refractivity contribution in [1.82, 2.24) is 14.7 Å². The molecule has 1 unspecified atom stereocenters. The summed E-state index contributed by atoms with van der Waals surface area (Å²) in [6, 6.07) is 12.1. The summed E-state index contributed by atoms with van der Waals surface area (Å²) in [6.45, 7) is 11.1. The van der Waals surface area contributed by atoms with Crippen molar-refractivity contribution in [3.05, 3.63) is 65.4 Å². The molecular formula is C26H31N5O3S. The van der Waals surface area contributed by atoms with Crippen LogP contribution >= 0.6 is 0 Å². The summed E-state index contributed by atoms with van der Waals surface area (Å²) in [5.41, 5.74) is 9.39. The maximum Gasteiger partial charge on any atom is 0.281 e. The van der Waals surface area contributed by atoms with Crippen LogP contribution in [0, 0.1) is 19.8 Å². The van der Waals surface area contributed by atoms with E-state index in [4.69, 9.17) is 10.7 Å². The van der Waals surface area contributed by atoms with Crippen LogP contribution in [0.25, 0.3) is 11.1 Å². The van der Waals surface area contributed by atoms with Gasteiger partial charge in [-0.25, -0.2) is 14.7 Å². The molecule has 2 aromatic heterocycles. The zero-order valence-corrected chi connectivity index (χ0v) is 21.5. The molecule has 1 aliphatic heterocycles. The number of carbonyl (C=O) groups excluding carboxylic acids is 1. The summed E-state index contributed by atoms with van der Waals surface area (Å²) in [4.78, 5) is 24.1. The van der Waals surface area contributed by atoms with Gasteiger partial charge in [-0.1, -0.05) is 42.3 Å². The number of anilines is 2. The predicted molar refractivity (Wildman–Crippen MR) is 138 cm³/mol. The smallest absolute Gasteiger partial charge is 0.281 e. The summed E-state index contributed by atoms with van der Waals surface area (Å²) in [5, 5.41) is -0.319. The van der Waals surface area contributed by atoms with Crippen molar-refractivity contribution < 1.29 is 13.2 Å². The second-order valence-corrected chi connectivity index (χ2v) is 11.4. The third-order valence-electron chi connectivity index (χ3n) is 6.86. The van der Waals surface area contributed by atoms with Gasteiger partial charge in [0.25, 0.3) is 15.9 Å². The number of rotatable bonds is 5. The summed E-state index contributed by atoms with van der Waals surface area (Å²) < 4.78 is 28.0. The van der Waals surface area contributed by atoms with Crippen molar-refractivity contribution in [2.24, 2.45) is 5.92 Å². The van der Waals surface area contributed by atoms with Gasteiger partial charge in [0.1, 0.15) is 11.6 Å². The minimum atomic E-state index is -4.24. The second-order valence-electron chi connectivity index (χ2n) is 9.80. The van der Waals surface area contributed by atoms with Gasteiger partial charge in [0.05, 0.1) is 5.56 Å². The van der Waals surface area contributed by atoms with Crippen LogP contribution in [0.15, 0.2) is 53.7 Å². The van der Waals surface area contributed by atoms with Crippen molar-refractivity contribution in [2.45, 2.75) is 51.6 Å². The summed E-state index contributed by atoms with van der Waals surface area (Å²) >= 11 is 0. The molecule has 3 aromatic rings. The number of aromatic nitrogens is 2. The number of pyridine rings is 2. The molecule has 0 bridgehead atoms. The van der Waals surface area contributed by atoms with E-state index in [1.807, 2.05) is 26.0 Å². The fourth-order valence-corrected chi connectivity index (χ4v) is 5.50. The van der Waals surface area contributed by atoms with Gasteiger partial charge >= 0.3 is 0 Å². The Hall–Kier alpha value is -3.46. The summed E-state index contributed by atoms with van der Waals surface area (Å²) in [6.07, 6.45) is 2.69. The highest BCUT2D eigenvalue weighted by molar-refractivity contribution is 7.90. The molecule has 0 radical (unpaired) electrons. The standard InChI is InChI=1S/C26H31N5O3S/c1-16-11-17(2)13-19(12-16)20-14-21(24(28-15-20)31-10-9-18(3)26(31,4)5)25(32)30-35(33,34)23-8-6-7-22(27)29-23/h6-8,11-15,18H,9-10H2,1-5H3,(H2,27,29)(H,30,32). The van der Waals surface area contributed by atoms with Crippen LogP contribution in [0.1, 0.15) is 48.7 Å². The van der Waals surface area contributed by atoms with E-state index in [0.717, 1.165) is 28.7 Å². The third kappa shape index (κ3) is 4.86. The van der Waals surface area contributed by atoms with E-state index in [0.29, 0.717) is 18.3 Å². The molecular weight excluding hydrogens is 462 g/mol. The maximum atomic E-state index is 13.5. The van der Waals surface area contributed by atoms with Crippen molar-refractivity contribution in [2.75, 3.05) is 17.2 Å². The van der Waals surface area contributed by atoms with Gasteiger partial charge in [-0.2, -0.15) is 8.42 Å². The largest absolute Gasteiger partial charge is 0.384 e. The van der Waals surface area contributed by atoms with Crippen LogP contribution in [0.3, 0.4) is 0 Å². The van der Waals surface area contributed by atoms with Gasteiger partial charge in [0.2, 0.25) is 0 Å². The Kier molecular flexibility index (Phi) is 6.31. The zero-order chi connectivity index (χ0) is 25.5. The van der Waals surface area contributed by atoms with Crippen molar-refractivity contribution in [3.8, 4) is 11.1 Å². The molecule has 8 nitrogen and oxygen atoms in total. The van der Waals surface area contributed by atoms with Gasteiger partial charge in [-0.3, -0.25) is 4.79 Å². The van der Waals surface area contributed by atoms with Crippen molar-refractivity contribution in [3.63, 3.8) is 0 Å². The number of benzene rings is 1. The highest BCUT2D eigenvalue weighted by Gasteiger charge is 2.41. The van der Waals surface area contributed by atoms with Crippen LogP contribution in [0.2, 0.25) is 0 Å². The molecule has 1 fully saturated rings. The highest BCUT2D eigenvalue weighted by atomic mass is 32.2. The van der Waals surface area contributed by atoms with E-state index >= 15 is 0 Å². The number of hydrogen-bond donors (Lipinski definition) is 2. The van der Waals surface area contributed by atoms with Crippen LogP contribution in [0.5, 0.6) is 0 Å². The minimum Gasteiger partial charge on any atom is -0.384 e. The summed E-state index contributed by atoms with van der Waals surface area (Å²) in [7, 11) is -4.24. The highest BCUT2D eigenvalue weighted by Crippen LogP contribution is 2.39. The Morgan fingerprint density at radius 3 is 2.40 bits per heavy atom. The first-order chi connectivity index (χ1) is 16.4. The quantitative estimate of drug-likeness (QED) is 0.550. The van der Waals surface area contributed by atoms with E-state index in [1.54, 1.807) is 12.3 Å². The van der Waals surface area contributed by atoms with Gasteiger partial charge in [0.15, 0.2) is 5.03 Å². The number of nitrogen functional groups attached to an aromatic ring is 1. The predicted octanol–water partition coefficient (Wildman–Crippen LogP) is 4.09. The number of nitrogens with zero attached hydrogens (tertiary/aromatic N) is 3. The molecule has 1 atom stereocenters. The number of carbonyl (C=O) groups is 1. The number of amides is 1. The lowest BCUT2D eigenvalue weighted by Gasteiger charge is -2.36. The lowest BCUT2D eigenvalue weighted by molar-refractivity contribution is 0.0981. The normalized spacial score (nSPS) is 17.4. The second kappa shape index (κ2) is 8.96.